The highest BCUT2D eigenvalue weighted by Gasteiger charge is 2.13. The van der Waals surface area contributed by atoms with Crippen LogP contribution in [0.4, 0.5) is 0 Å². The second-order valence-corrected chi connectivity index (χ2v) is 7.71. The molecule has 0 amide bonds. The molecule has 0 saturated heterocycles. The van der Waals surface area contributed by atoms with E-state index < -0.39 is 0 Å². The minimum Gasteiger partial charge on any atom is -0.248 e. The predicted octanol–water partition coefficient (Wildman–Crippen LogP) is 5.09. The zero-order chi connectivity index (χ0) is 20.3. The highest BCUT2D eigenvalue weighted by Crippen LogP contribution is 2.25. The summed E-state index contributed by atoms with van der Waals surface area (Å²) < 4.78 is 4.48. The molecule has 0 unspecified atom stereocenters. The lowest BCUT2D eigenvalue weighted by molar-refractivity contribution is -0.696. The number of para-hydroxylation sites is 2. The molecule has 3 nitrogen and oxygen atoms in total. The number of benzene rings is 2. The Bertz CT molecular complexity index is 1250. The summed E-state index contributed by atoms with van der Waals surface area (Å²) in [5, 5.41) is 2.44. The number of hydrogen-bond acceptors (Lipinski definition) is 1. The largest absolute Gasteiger partial charge is 0.248 e. The Labute approximate surface area is 176 Å². The molecule has 3 heteroatoms. The van der Waals surface area contributed by atoms with E-state index >= 15 is 0 Å². The van der Waals surface area contributed by atoms with Crippen molar-refractivity contribution in [3.8, 4) is 11.1 Å². The number of pyridine rings is 3. The van der Waals surface area contributed by atoms with Crippen molar-refractivity contribution in [2.45, 2.75) is 26.4 Å². The molecule has 2 aromatic carbocycles. The van der Waals surface area contributed by atoms with Gasteiger partial charge in [-0.1, -0.05) is 43.3 Å². The van der Waals surface area contributed by atoms with Crippen molar-refractivity contribution in [2.24, 2.45) is 0 Å². The van der Waals surface area contributed by atoms with E-state index in [2.05, 4.69) is 114 Å². The first kappa shape index (κ1) is 18.4. The quantitative estimate of drug-likeness (QED) is 0.302. The molecule has 0 aliphatic carbocycles. The van der Waals surface area contributed by atoms with E-state index in [1.54, 1.807) is 0 Å². The van der Waals surface area contributed by atoms with Crippen LogP contribution in [-0.4, -0.2) is 4.98 Å². The standard InChI is InChI=1S/C27H25N3/c1-2-15-29-16-11-21(12-17-29)22-13-18-30(19-14-22)20-25-23-7-3-5-9-26(23)28-27-10-6-4-8-24(25)27/h3-14,16-19H,2,15,20H2,1H3/q+2. The third-order valence-corrected chi connectivity index (χ3v) is 5.64. The van der Waals surface area contributed by atoms with E-state index in [0.29, 0.717) is 0 Å². The van der Waals surface area contributed by atoms with E-state index in [4.69, 9.17) is 4.98 Å². The van der Waals surface area contributed by atoms with E-state index in [1.165, 1.54) is 27.5 Å². The van der Waals surface area contributed by atoms with Crippen molar-refractivity contribution >= 4 is 21.8 Å². The first-order valence-electron chi connectivity index (χ1n) is 10.6. The minimum absolute atomic E-state index is 0.815. The summed E-state index contributed by atoms with van der Waals surface area (Å²) in [6, 6.07) is 25.6. The summed E-state index contributed by atoms with van der Waals surface area (Å²) in [5.74, 6) is 0. The SMILES string of the molecule is CCC[n+]1ccc(-c2cc[n+](Cc3c4ccccc4nc4ccccc34)cc2)cc1. The maximum atomic E-state index is 4.84. The van der Waals surface area contributed by atoms with Gasteiger partial charge in [0.05, 0.1) is 11.0 Å². The van der Waals surface area contributed by atoms with Crippen LogP contribution in [0.5, 0.6) is 0 Å². The second-order valence-electron chi connectivity index (χ2n) is 7.71. The normalized spacial score (nSPS) is 11.2. The Morgan fingerprint density at radius 1 is 0.633 bits per heavy atom. The summed E-state index contributed by atoms with van der Waals surface area (Å²) in [4.78, 5) is 4.84. The maximum Gasteiger partial charge on any atom is 0.175 e. The summed E-state index contributed by atoms with van der Waals surface area (Å²) >= 11 is 0. The van der Waals surface area contributed by atoms with Gasteiger partial charge in [-0.05, 0) is 23.3 Å². The van der Waals surface area contributed by atoms with Gasteiger partial charge in [-0.3, -0.25) is 0 Å². The molecular weight excluding hydrogens is 366 g/mol. The molecule has 0 N–H and O–H groups in total. The zero-order valence-electron chi connectivity index (χ0n) is 17.2. The number of aryl methyl sites for hydroxylation is 1. The average molecular weight is 392 g/mol. The summed E-state index contributed by atoms with van der Waals surface area (Å²) in [7, 11) is 0. The second kappa shape index (κ2) is 8.03. The van der Waals surface area contributed by atoms with Gasteiger partial charge < -0.3 is 0 Å². The predicted molar refractivity (Wildman–Crippen MR) is 121 cm³/mol. The van der Waals surface area contributed by atoms with Crippen LogP contribution in [0, 0.1) is 0 Å². The van der Waals surface area contributed by atoms with Crippen LogP contribution in [0.2, 0.25) is 0 Å². The van der Waals surface area contributed by atoms with Crippen LogP contribution in [0.15, 0.2) is 97.6 Å². The molecule has 5 aromatic rings. The van der Waals surface area contributed by atoms with Crippen LogP contribution in [0.1, 0.15) is 18.9 Å². The van der Waals surface area contributed by atoms with Crippen LogP contribution in [-0.2, 0) is 13.1 Å². The number of rotatable bonds is 5. The molecule has 0 spiro atoms. The van der Waals surface area contributed by atoms with Gasteiger partial charge in [-0.2, -0.15) is 0 Å². The van der Waals surface area contributed by atoms with E-state index in [9.17, 15) is 0 Å². The van der Waals surface area contributed by atoms with Crippen molar-refractivity contribution in [1.82, 2.24) is 4.98 Å². The number of aromatic nitrogens is 3. The van der Waals surface area contributed by atoms with E-state index in [0.717, 1.165) is 30.5 Å². The van der Waals surface area contributed by atoms with Crippen molar-refractivity contribution in [3.05, 3.63) is 103 Å². The molecule has 30 heavy (non-hydrogen) atoms. The molecule has 0 aliphatic rings. The molecule has 146 valence electrons. The first-order valence-corrected chi connectivity index (χ1v) is 10.6. The Morgan fingerprint density at radius 2 is 1.13 bits per heavy atom. The van der Waals surface area contributed by atoms with Crippen molar-refractivity contribution in [1.29, 1.82) is 0 Å². The monoisotopic (exact) mass is 391 g/mol. The maximum absolute atomic E-state index is 4.84. The molecule has 0 aliphatic heterocycles. The molecule has 3 aromatic heterocycles. The Hall–Kier alpha value is -3.59. The molecule has 0 atom stereocenters. The lowest BCUT2D eigenvalue weighted by Crippen LogP contribution is -2.33. The molecule has 0 fully saturated rings. The third kappa shape index (κ3) is 3.55. The lowest BCUT2D eigenvalue weighted by Gasteiger charge is -2.09. The fourth-order valence-corrected chi connectivity index (χ4v) is 4.09. The van der Waals surface area contributed by atoms with Gasteiger partial charge in [0.2, 0.25) is 0 Å². The average Bonchev–Trinajstić information content (AvgIpc) is 2.80. The van der Waals surface area contributed by atoms with Crippen LogP contribution >= 0.6 is 0 Å². The van der Waals surface area contributed by atoms with Gasteiger partial charge in [0.1, 0.15) is 6.54 Å². The van der Waals surface area contributed by atoms with Crippen LogP contribution < -0.4 is 9.13 Å². The fourth-order valence-electron chi connectivity index (χ4n) is 4.09. The van der Waals surface area contributed by atoms with Gasteiger partial charge in [0.15, 0.2) is 31.3 Å². The fraction of sp³-hybridized carbons (Fsp3) is 0.148. The highest BCUT2D eigenvalue weighted by molar-refractivity contribution is 5.97. The molecule has 0 bridgehead atoms. The van der Waals surface area contributed by atoms with Gasteiger partial charge in [-0.15, -0.1) is 0 Å². The Balaban J connectivity index is 1.49. The van der Waals surface area contributed by atoms with Crippen LogP contribution in [0.3, 0.4) is 0 Å². The third-order valence-electron chi connectivity index (χ3n) is 5.64. The summed E-state index contributed by atoms with van der Waals surface area (Å²) in [6.45, 7) is 4.07. The van der Waals surface area contributed by atoms with E-state index in [-0.39, 0.29) is 0 Å². The Morgan fingerprint density at radius 3 is 1.67 bits per heavy atom. The number of nitrogens with zero attached hydrogens (tertiary/aromatic N) is 3. The van der Waals surface area contributed by atoms with Crippen molar-refractivity contribution < 1.29 is 9.13 Å². The topological polar surface area (TPSA) is 20.6 Å². The molecule has 5 rings (SSSR count). The van der Waals surface area contributed by atoms with Gasteiger partial charge in [0, 0.05) is 47.0 Å². The van der Waals surface area contributed by atoms with E-state index in [1.807, 2.05) is 0 Å². The lowest BCUT2D eigenvalue weighted by atomic mass is 10.0. The van der Waals surface area contributed by atoms with Gasteiger partial charge in [-0.25, -0.2) is 14.1 Å². The van der Waals surface area contributed by atoms with Gasteiger partial charge >= 0.3 is 0 Å². The van der Waals surface area contributed by atoms with Crippen LogP contribution in [0.25, 0.3) is 32.9 Å². The minimum atomic E-state index is 0.815. The Kier molecular flexibility index (Phi) is 4.94. The van der Waals surface area contributed by atoms with Crippen molar-refractivity contribution in [2.75, 3.05) is 0 Å². The summed E-state index contributed by atoms with van der Waals surface area (Å²) in [5.41, 5.74) is 5.89. The molecule has 0 radical (unpaired) electrons. The van der Waals surface area contributed by atoms with Gasteiger partial charge in [0.25, 0.3) is 0 Å². The molecule has 3 heterocycles. The van der Waals surface area contributed by atoms with Crippen molar-refractivity contribution in [3.63, 3.8) is 0 Å². The summed E-state index contributed by atoms with van der Waals surface area (Å²) in [6.07, 6.45) is 9.82. The zero-order valence-corrected chi connectivity index (χ0v) is 17.2. The number of fused-ring (bicyclic) bond motifs is 2. The first-order chi connectivity index (χ1) is 14.8. The smallest absolute Gasteiger partial charge is 0.175 e. The molecule has 0 saturated carbocycles. The number of hydrogen-bond donors (Lipinski definition) is 0. The molecular formula is C27H25N3+2. The highest BCUT2D eigenvalue weighted by atomic mass is 14.9.